The van der Waals surface area contributed by atoms with Crippen molar-refractivity contribution in [1.82, 2.24) is 0 Å². The van der Waals surface area contributed by atoms with Crippen molar-refractivity contribution in [3.8, 4) is 0 Å². The highest BCUT2D eigenvalue weighted by Crippen LogP contribution is 2.27. The van der Waals surface area contributed by atoms with Crippen LogP contribution in [0.2, 0.25) is 5.02 Å². The quantitative estimate of drug-likeness (QED) is 0.811. The van der Waals surface area contributed by atoms with Gasteiger partial charge in [-0.1, -0.05) is 17.7 Å². The summed E-state index contributed by atoms with van der Waals surface area (Å²) in [7, 11) is 0. The van der Waals surface area contributed by atoms with Crippen LogP contribution in [0.5, 0.6) is 0 Å². The van der Waals surface area contributed by atoms with Crippen molar-refractivity contribution in [1.29, 1.82) is 0 Å². The van der Waals surface area contributed by atoms with Gasteiger partial charge >= 0.3 is 6.03 Å². The van der Waals surface area contributed by atoms with Crippen LogP contribution in [-0.2, 0) is 0 Å². The molecule has 0 spiro atoms. The molecule has 3 amide bonds. The van der Waals surface area contributed by atoms with Gasteiger partial charge in [0.05, 0.1) is 5.56 Å². The Kier molecular flexibility index (Phi) is 4.26. The molecule has 20 heavy (non-hydrogen) atoms. The standard InChI is InChI=1S/C13H12ClN3O2S/c1-7-5-10(11(15)18)12(20-7)17-13(19)16-9-4-2-3-8(14)6-9/h2-6H,1H3,(H2,15,18)(H2,16,17,19). The van der Waals surface area contributed by atoms with Crippen molar-refractivity contribution in [3.63, 3.8) is 0 Å². The molecule has 0 saturated carbocycles. The number of hydrogen-bond acceptors (Lipinski definition) is 3. The van der Waals surface area contributed by atoms with Gasteiger partial charge in [0.2, 0.25) is 0 Å². The van der Waals surface area contributed by atoms with Crippen molar-refractivity contribution >= 4 is 45.6 Å². The van der Waals surface area contributed by atoms with E-state index in [1.54, 1.807) is 30.3 Å². The van der Waals surface area contributed by atoms with Crippen molar-refractivity contribution in [2.75, 3.05) is 10.6 Å². The molecular formula is C13H12ClN3O2S. The number of aryl methyl sites for hydroxylation is 1. The molecular weight excluding hydrogens is 298 g/mol. The summed E-state index contributed by atoms with van der Waals surface area (Å²) >= 11 is 7.11. The average Bonchev–Trinajstić information content (AvgIpc) is 2.70. The third kappa shape index (κ3) is 3.49. The van der Waals surface area contributed by atoms with E-state index >= 15 is 0 Å². The second-order valence-electron chi connectivity index (χ2n) is 4.05. The second-order valence-corrected chi connectivity index (χ2v) is 5.75. The molecule has 0 saturated heterocycles. The third-order valence-electron chi connectivity index (χ3n) is 2.43. The van der Waals surface area contributed by atoms with Gasteiger partial charge in [0, 0.05) is 15.6 Å². The van der Waals surface area contributed by atoms with Crippen molar-refractivity contribution in [2.24, 2.45) is 5.73 Å². The zero-order chi connectivity index (χ0) is 14.7. The smallest absolute Gasteiger partial charge is 0.324 e. The van der Waals surface area contributed by atoms with Crippen LogP contribution in [0.25, 0.3) is 0 Å². The maximum Gasteiger partial charge on any atom is 0.324 e. The molecule has 0 radical (unpaired) electrons. The summed E-state index contributed by atoms with van der Waals surface area (Å²) in [5.74, 6) is -0.576. The lowest BCUT2D eigenvalue weighted by Crippen LogP contribution is -2.21. The molecule has 5 nitrogen and oxygen atoms in total. The van der Waals surface area contributed by atoms with Crippen molar-refractivity contribution < 1.29 is 9.59 Å². The number of rotatable bonds is 3. The molecule has 1 aromatic carbocycles. The number of anilines is 2. The lowest BCUT2D eigenvalue weighted by atomic mass is 10.3. The first-order valence-electron chi connectivity index (χ1n) is 5.69. The zero-order valence-corrected chi connectivity index (χ0v) is 12.1. The molecule has 2 aromatic rings. The molecule has 0 fully saturated rings. The van der Waals surface area contributed by atoms with Crippen LogP contribution in [-0.4, -0.2) is 11.9 Å². The Morgan fingerprint density at radius 2 is 2.00 bits per heavy atom. The number of carbonyl (C=O) groups is 2. The maximum absolute atomic E-state index is 11.9. The topological polar surface area (TPSA) is 84.2 Å². The van der Waals surface area contributed by atoms with Gasteiger partial charge in [0.25, 0.3) is 5.91 Å². The van der Waals surface area contributed by atoms with Crippen LogP contribution in [0.4, 0.5) is 15.5 Å². The Balaban J connectivity index is 2.10. The van der Waals surface area contributed by atoms with Gasteiger partial charge in [-0.2, -0.15) is 0 Å². The number of benzene rings is 1. The molecule has 0 aliphatic rings. The van der Waals surface area contributed by atoms with Crippen LogP contribution in [0.15, 0.2) is 30.3 Å². The fourth-order valence-corrected chi connectivity index (χ4v) is 2.72. The molecule has 0 bridgehead atoms. The van der Waals surface area contributed by atoms with E-state index in [-0.39, 0.29) is 0 Å². The number of primary amides is 1. The molecule has 4 N–H and O–H groups in total. The second kappa shape index (κ2) is 5.94. The van der Waals surface area contributed by atoms with Gasteiger partial charge in [0.1, 0.15) is 5.00 Å². The van der Waals surface area contributed by atoms with Gasteiger partial charge in [-0.15, -0.1) is 11.3 Å². The minimum absolute atomic E-state index is 0.300. The first kappa shape index (κ1) is 14.4. The molecule has 0 aliphatic carbocycles. The van der Waals surface area contributed by atoms with Crippen LogP contribution in [0, 0.1) is 6.92 Å². The molecule has 7 heteroatoms. The molecule has 0 unspecified atom stereocenters. The van der Waals surface area contributed by atoms with Gasteiger partial charge in [-0.3, -0.25) is 10.1 Å². The van der Waals surface area contributed by atoms with E-state index in [0.29, 0.717) is 21.3 Å². The Morgan fingerprint density at radius 1 is 1.25 bits per heavy atom. The van der Waals surface area contributed by atoms with Crippen LogP contribution in [0.1, 0.15) is 15.2 Å². The third-order valence-corrected chi connectivity index (χ3v) is 3.63. The number of thiophene rings is 1. The molecule has 2 rings (SSSR count). The highest BCUT2D eigenvalue weighted by atomic mass is 35.5. The Hall–Kier alpha value is -2.05. The Bertz CT molecular complexity index is 669. The minimum atomic E-state index is -0.576. The van der Waals surface area contributed by atoms with Crippen molar-refractivity contribution in [2.45, 2.75) is 6.92 Å². The van der Waals surface area contributed by atoms with Gasteiger partial charge in [-0.25, -0.2) is 4.79 Å². The molecule has 0 atom stereocenters. The molecule has 1 heterocycles. The van der Waals surface area contributed by atoms with E-state index < -0.39 is 11.9 Å². The van der Waals surface area contributed by atoms with Gasteiger partial charge in [0.15, 0.2) is 0 Å². The van der Waals surface area contributed by atoms with Crippen molar-refractivity contribution in [3.05, 3.63) is 45.8 Å². The molecule has 104 valence electrons. The fourth-order valence-electron chi connectivity index (χ4n) is 1.62. The Labute approximate surface area is 124 Å². The first-order valence-corrected chi connectivity index (χ1v) is 6.89. The highest BCUT2D eigenvalue weighted by Gasteiger charge is 2.14. The summed E-state index contributed by atoms with van der Waals surface area (Å²) in [6, 6.07) is 7.94. The van der Waals surface area contributed by atoms with Gasteiger partial charge < -0.3 is 11.1 Å². The molecule has 1 aromatic heterocycles. The Morgan fingerprint density at radius 3 is 2.65 bits per heavy atom. The summed E-state index contributed by atoms with van der Waals surface area (Å²) in [6.07, 6.45) is 0. The van der Waals surface area contributed by atoms with E-state index in [9.17, 15) is 9.59 Å². The van der Waals surface area contributed by atoms with Gasteiger partial charge in [-0.05, 0) is 31.2 Å². The van der Waals surface area contributed by atoms with E-state index in [2.05, 4.69) is 10.6 Å². The van der Waals surface area contributed by atoms with E-state index in [4.69, 9.17) is 17.3 Å². The lowest BCUT2D eigenvalue weighted by Gasteiger charge is -2.07. The summed E-state index contributed by atoms with van der Waals surface area (Å²) in [5.41, 5.74) is 6.11. The number of urea groups is 1. The minimum Gasteiger partial charge on any atom is -0.366 e. The van der Waals surface area contributed by atoms with Crippen LogP contribution >= 0.6 is 22.9 Å². The maximum atomic E-state index is 11.9. The number of nitrogens with one attached hydrogen (secondary N) is 2. The van der Waals surface area contributed by atoms with E-state index in [0.717, 1.165) is 4.88 Å². The summed E-state index contributed by atoms with van der Waals surface area (Å²) in [5, 5.41) is 6.18. The van der Waals surface area contributed by atoms with Crippen LogP contribution < -0.4 is 16.4 Å². The monoisotopic (exact) mass is 309 g/mol. The number of carbonyl (C=O) groups excluding carboxylic acids is 2. The fraction of sp³-hybridized carbons (Fsp3) is 0.0769. The SMILES string of the molecule is Cc1cc(C(N)=O)c(NC(=O)Nc2cccc(Cl)c2)s1. The highest BCUT2D eigenvalue weighted by molar-refractivity contribution is 7.16. The lowest BCUT2D eigenvalue weighted by molar-refractivity contribution is 0.100. The zero-order valence-electron chi connectivity index (χ0n) is 10.6. The van der Waals surface area contributed by atoms with E-state index in [1.807, 2.05) is 6.92 Å². The summed E-state index contributed by atoms with van der Waals surface area (Å²) in [4.78, 5) is 24.0. The summed E-state index contributed by atoms with van der Waals surface area (Å²) in [6.45, 7) is 1.83. The number of hydrogen-bond donors (Lipinski definition) is 3. The number of amides is 3. The summed E-state index contributed by atoms with van der Waals surface area (Å²) < 4.78 is 0. The number of halogens is 1. The predicted octanol–water partition coefficient (Wildman–Crippen LogP) is 3.45. The molecule has 0 aliphatic heterocycles. The normalized spacial score (nSPS) is 10.1. The largest absolute Gasteiger partial charge is 0.366 e. The van der Waals surface area contributed by atoms with Crippen LogP contribution in [0.3, 0.4) is 0 Å². The average molecular weight is 310 g/mol. The van der Waals surface area contributed by atoms with E-state index in [1.165, 1.54) is 11.3 Å². The predicted molar refractivity (Wildman–Crippen MR) is 81.7 cm³/mol. The first-order chi connectivity index (χ1) is 9.45. The number of nitrogens with two attached hydrogens (primary N) is 1.